The lowest BCUT2D eigenvalue weighted by Crippen LogP contribution is -2.40. The zero-order chi connectivity index (χ0) is 25.2. The van der Waals surface area contributed by atoms with E-state index in [0.29, 0.717) is 30.5 Å². The molecule has 0 unspecified atom stereocenters. The lowest BCUT2D eigenvalue weighted by Gasteiger charge is -2.30. The largest absolute Gasteiger partial charge is 0.493 e. The van der Waals surface area contributed by atoms with Gasteiger partial charge in [-0.05, 0) is 44.5 Å². The third-order valence-electron chi connectivity index (χ3n) is 5.93. The Kier molecular flexibility index (Phi) is 9.74. The van der Waals surface area contributed by atoms with Crippen LogP contribution >= 0.6 is 0 Å². The van der Waals surface area contributed by atoms with Gasteiger partial charge in [-0.2, -0.15) is 5.10 Å². The average Bonchev–Trinajstić information content (AvgIpc) is 3.18. The van der Waals surface area contributed by atoms with E-state index in [-0.39, 0.29) is 19.3 Å². The van der Waals surface area contributed by atoms with Gasteiger partial charge < -0.3 is 19.3 Å². The van der Waals surface area contributed by atoms with Crippen LogP contribution in [-0.4, -0.2) is 58.8 Å². The molecule has 0 saturated carbocycles. The molecule has 2 aromatic carbocycles. The van der Waals surface area contributed by atoms with Gasteiger partial charge in [-0.1, -0.05) is 43.2 Å². The van der Waals surface area contributed by atoms with E-state index in [2.05, 4.69) is 24.7 Å². The second-order valence-electron chi connectivity index (χ2n) is 8.43. The first-order chi connectivity index (χ1) is 17.0. The van der Waals surface area contributed by atoms with E-state index < -0.39 is 6.10 Å². The summed E-state index contributed by atoms with van der Waals surface area (Å²) in [5, 5.41) is 15.4. The molecule has 1 N–H and O–H groups in total. The van der Waals surface area contributed by atoms with Gasteiger partial charge in [-0.3, -0.25) is 4.90 Å². The third kappa shape index (κ3) is 6.86. The maximum atomic E-state index is 10.6. The highest BCUT2D eigenvalue weighted by Crippen LogP contribution is 2.36. The molecule has 0 aliphatic rings. The number of para-hydroxylation sites is 3. The van der Waals surface area contributed by atoms with Crippen molar-refractivity contribution >= 4 is 0 Å². The van der Waals surface area contributed by atoms with Gasteiger partial charge in [-0.15, -0.1) is 6.42 Å². The van der Waals surface area contributed by atoms with Crippen molar-refractivity contribution in [3.8, 4) is 35.4 Å². The summed E-state index contributed by atoms with van der Waals surface area (Å²) in [6, 6.07) is 17.7. The molecule has 2 atom stereocenters. The predicted molar refractivity (Wildman–Crippen MR) is 137 cm³/mol. The van der Waals surface area contributed by atoms with Crippen molar-refractivity contribution in [2.75, 3.05) is 26.9 Å². The molecule has 1 heterocycles. The molecule has 35 heavy (non-hydrogen) atoms. The standard InChI is InChI=1S/C28H35N3O4/c1-6-17-34-20-24(32)18-30(21(3)7-2)19-25-22(4)29-31(23-13-9-8-10-14-23)28(25)35-27-16-12-11-15-26(27)33-5/h1,8-16,21,24,32H,7,17-20H2,2-5H3/t21-,24-/m1/s1. The van der Waals surface area contributed by atoms with E-state index in [0.717, 1.165) is 23.4 Å². The molecular weight excluding hydrogens is 442 g/mol. The van der Waals surface area contributed by atoms with Crippen molar-refractivity contribution < 1.29 is 19.3 Å². The molecule has 0 aliphatic carbocycles. The number of hydrogen-bond acceptors (Lipinski definition) is 6. The molecule has 0 bridgehead atoms. The smallest absolute Gasteiger partial charge is 0.227 e. The van der Waals surface area contributed by atoms with Gasteiger partial charge in [0.1, 0.15) is 6.61 Å². The molecule has 0 radical (unpaired) electrons. The van der Waals surface area contributed by atoms with Crippen LogP contribution in [0.3, 0.4) is 0 Å². The van der Waals surface area contributed by atoms with E-state index in [4.69, 9.17) is 25.7 Å². The molecule has 3 rings (SSSR count). The lowest BCUT2D eigenvalue weighted by atomic mass is 10.1. The quantitative estimate of drug-likeness (QED) is 0.287. The number of aromatic nitrogens is 2. The van der Waals surface area contributed by atoms with Crippen LogP contribution in [0.25, 0.3) is 5.69 Å². The summed E-state index contributed by atoms with van der Waals surface area (Å²) < 4.78 is 19.2. The Morgan fingerprint density at radius 2 is 1.80 bits per heavy atom. The normalized spacial score (nSPS) is 12.8. The number of aliphatic hydroxyl groups is 1. The van der Waals surface area contributed by atoms with Crippen LogP contribution in [0, 0.1) is 19.3 Å². The van der Waals surface area contributed by atoms with Crippen LogP contribution < -0.4 is 9.47 Å². The monoisotopic (exact) mass is 477 g/mol. The summed E-state index contributed by atoms with van der Waals surface area (Å²) in [5.41, 5.74) is 2.69. The van der Waals surface area contributed by atoms with Gasteiger partial charge in [0.05, 0.1) is 36.8 Å². The second kappa shape index (κ2) is 13.0. The summed E-state index contributed by atoms with van der Waals surface area (Å²) >= 11 is 0. The minimum absolute atomic E-state index is 0.181. The molecule has 0 aliphatic heterocycles. The Morgan fingerprint density at radius 1 is 1.11 bits per heavy atom. The highest BCUT2D eigenvalue weighted by Gasteiger charge is 2.25. The topological polar surface area (TPSA) is 69.0 Å². The van der Waals surface area contributed by atoms with E-state index in [1.165, 1.54) is 0 Å². The first-order valence-corrected chi connectivity index (χ1v) is 11.9. The Balaban J connectivity index is 1.99. The Labute approximate surface area is 208 Å². The van der Waals surface area contributed by atoms with Crippen molar-refractivity contribution in [1.82, 2.24) is 14.7 Å². The fourth-order valence-corrected chi connectivity index (χ4v) is 3.82. The molecule has 186 valence electrons. The van der Waals surface area contributed by atoms with Gasteiger partial charge in [0, 0.05) is 19.1 Å². The fraction of sp³-hybridized carbons (Fsp3) is 0.393. The first kappa shape index (κ1) is 26.3. The minimum Gasteiger partial charge on any atom is -0.493 e. The van der Waals surface area contributed by atoms with Crippen molar-refractivity contribution in [2.45, 2.75) is 45.9 Å². The summed E-state index contributed by atoms with van der Waals surface area (Å²) in [7, 11) is 1.62. The van der Waals surface area contributed by atoms with Crippen LogP contribution in [-0.2, 0) is 11.3 Å². The van der Waals surface area contributed by atoms with Gasteiger partial charge in [-0.25, -0.2) is 4.68 Å². The molecule has 3 aromatic rings. The minimum atomic E-state index is -0.666. The predicted octanol–water partition coefficient (Wildman–Crippen LogP) is 4.59. The van der Waals surface area contributed by atoms with Crippen LogP contribution in [0.1, 0.15) is 31.5 Å². The summed E-state index contributed by atoms with van der Waals surface area (Å²) in [4.78, 5) is 2.22. The molecule has 0 amide bonds. The van der Waals surface area contributed by atoms with Crippen molar-refractivity contribution in [3.63, 3.8) is 0 Å². The number of nitrogens with zero attached hydrogens (tertiary/aromatic N) is 3. The highest BCUT2D eigenvalue weighted by atomic mass is 16.5. The van der Waals surface area contributed by atoms with Crippen molar-refractivity contribution in [1.29, 1.82) is 0 Å². The van der Waals surface area contributed by atoms with Gasteiger partial charge in [0.15, 0.2) is 11.5 Å². The van der Waals surface area contributed by atoms with Gasteiger partial charge >= 0.3 is 0 Å². The summed E-state index contributed by atoms with van der Waals surface area (Å²) in [6.45, 7) is 7.60. The van der Waals surface area contributed by atoms with Gasteiger partial charge in [0.25, 0.3) is 0 Å². The number of hydrogen-bond donors (Lipinski definition) is 1. The van der Waals surface area contributed by atoms with Crippen LogP contribution in [0.15, 0.2) is 54.6 Å². The van der Waals surface area contributed by atoms with Crippen molar-refractivity contribution in [2.24, 2.45) is 0 Å². The number of methoxy groups -OCH3 is 1. The van der Waals surface area contributed by atoms with E-state index in [1.54, 1.807) is 7.11 Å². The Bertz CT molecular complexity index is 1110. The maximum Gasteiger partial charge on any atom is 0.227 e. The third-order valence-corrected chi connectivity index (χ3v) is 5.93. The molecule has 0 saturated heterocycles. The fourth-order valence-electron chi connectivity index (χ4n) is 3.82. The average molecular weight is 478 g/mol. The van der Waals surface area contributed by atoms with Crippen molar-refractivity contribution in [3.05, 3.63) is 65.9 Å². The number of aliphatic hydroxyl groups excluding tert-OH is 1. The van der Waals surface area contributed by atoms with Crippen LogP contribution in [0.4, 0.5) is 0 Å². The van der Waals surface area contributed by atoms with Crippen LogP contribution in [0.5, 0.6) is 17.4 Å². The zero-order valence-corrected chi connectivity index (χ0v) is 21.0. The lowest BCUT2D eigenvalue weighted by molar-refractivity contribution is 0.0168. The molecule has 0 spiro atoms. The highest BCUT2D eigenvalue weighted by molar-refractivity contribution is 5.47. The van der Waals surface area contributed by atoms with E-state index >= 15 is 0 Å². The number of ether oxygens (including phenoxy) is 3. The zero-order valence-electron chi connectivity index (χ0n) is 21.0. The number of aryl methyl sites for hydroxylation is 1. The Morgan fingerprint density at radius 3 is 2.46 bits per heavy atom. The molecule has 0 fully saturated rings. The van der Waals surface area contributed by atoms with Gasteiger partial charge in [0.2, 0.25) is 5.88 Å². The SMILES string of the molecule is C#CCOC[C@H](O)CN(Cc1c(C)nn(-c2ccccc2)c1Oc1ccccc1OC)[C@H](C)CC. The summed E-state index contributed by atoms with van der Waals surface area (Å²) in [6.07, 6.45) is 5.51. The number of terminal acetylenes is 1. The van der Waals surface area contributed by atoms with E-state index in [9.17, 15) is 5.11 Å². The number of benzene rings is 2. The molecule has 7 heteroatoms. The summed E-state index contributed by atoms with van der Waals surface area (Å²) in [5.74, 6) is 4.29. The Hall–Kier alpha value is -3.31. The first-order valence-electron chi connectivity index (χ1n) is 11.9. The molecule has 7 nitrogen and oxygen atoms in total. The van der Waals surface area contributed by atoms with Crippen LogP contribution in [0.2, 0.25) is 0 Å². The maximum absolute atomic E-state index is 10.6. The van der Waals surface area contributed by atoms with E-state index in [1.807, 2.05) is 66.2 Å². The second-order valence-corrected chi connectivity index (χ2v) is 8.43. The molecular formula is C28H35N3O4. The molecule has 1 aromatic heterocycles. The number of rotatable bonds is 13.